The number of aromatic amines is 2. The lowest BCUT2D eigenvalue weighted by Gasteiger charge is -2.35. The second-order valence-electron chi connectivity index (χ2n) is 5.35. The normalized spacial score (nSPS) is 24.5. The van der Waals surface area contributed by atoms with Crippen LogP contribution in [0.5, 0.6) is 0 Å². The summed E-state index contributed by atoms with van der Waals surface area (Å²) in [5, 5.41) is 0. The molecule has 0 radical (unpaired) electrons. The van der Waals surface area contributed by atoms with Crippen LogP contribution >= 0.6 is 0 Å². The Morgan fingerprint density at radius 1 is 1.24 bits per heavy atom. The van der Waals surface area contributed by atoms with Gasteiger partial charge in [-0.2, -0.15) is 4.31 Å². The third-order valence-corrected chi connectivity index (χ3v) is 5.62. The van der Waals surface area contributed by atoms with E-state index in [9.17, 15) is 13.2 Å². The van der Waals surface area contributed by atoms with Gasteiger partial charge in [-0.1, -0.05) is 0 Å². The molecule has 21 heavy (non-hydrogen) atoms. The van der Waals surface area contributed by atoms with Crippen molar-refractivity contribution in [3.63, 3.8) is 0 Å². The largest absolute Gasteiger partial charge is 0.375 e. The number of hydrogen-bond donors (Lipinski definition) is 2. The Morgan fingerprint density at radius 2 is 1.95 bits per heavy atom. The molecule has 0 saturated carbocycles. The summed E-state index contributed by atoms with van der Waals surface area (Å²) in [6.07, 6.45) is -0.133. The Hall–Kier alpha value is -1.64. The zero-order valence-corrected chi connectivity index (χ0v) is 12.6. The maximum absolute atomic E-state index is 12.8. The molecule has 1 saturated heterocycles. The van der Waals surface area contributed by atoms with Crippen molar-refractivity contribution in [2.45, 2.75) is 30.9 Å². The second kappa shape index (κ2) is 4.97. The number of fused-ring (bicyclic) bond motifs is 1. The van der Waals surface area contributed by atoms with Gasteiger partial charge in [-0.05, 0) is 32.0 Å². The van der Waals surface area contributed by atoms with Crippen molar-refractivity contribution in [2.75, 3.05) is 13.2 Å². The van der Waals surface area contributed by atoms with Gasteiger partial charge in [-0.15, -0.1) is 0 Å². The molecule has 1 aliphatic heterocycles. The average molecular weight is 311 g/mol. The molecule has 2 heterocycles. The molecule has 0 bridgehead atoms. The van der Waals surface area contributed by atoms with Crippen molar-refractivity contribution in [2.24, 2.45) is 0 Å². The molecule has 1 aromatic carbocycles. The Kier molecular flexibility index (Phi) is 3.39. The fourth-order valence-electron chi connectivity index (χ4n) is 2.52. The minimum absolute atomic E-state index is 0.133. The van der Waals surface area contributed by atoms with Crippen molar-refractivity contribution < 1.29 is 13.2 Å². The van der Waals surface area contributed by atoms with Crippen LogP contribution in [-0.4, -0.2) is 48.0 Å². The first kappa shape index (κ1) is 14.3. The predicted octanol–water partition coefficient (Wildman–Crippen LogP) is 0.654. The van der Waals surface area contributed by atoms with E-state index in [-0.39, 0.29) is 22.7 Å². The molecule has 1 aliphatic rings. The molecule has 0 spiro atoms. The highest BCUT2D eigenvalue weighted by molar-refractivity contribution is 7.89. The van der Waals surface area contributed by atoms with E-state index in [0.717, 1.165) is 0 Å². The van der Waals surface area contributed by atoms with Gasteiger partial charge in [-0.3, -0.25) is 0 Å². The van der Waals surface area contributed by atoms with Gasteiger partial charge >= 0.3 is 5.69 Å². The first-order valence-electron chi connectivity index (χ1n) is 6.73. The van der Waals surface area contributed by atoms with Crippen LogP contribution in [0.3, 0.4) is 0 Å². The molecule has 2 atom stereocenters. The topological polar surface area (TPSA) is 95.3 Å². The van der Waals surface area contributed by atoms with E-state index in [1.165, 1.54) is 16.4 Å². The van der Waals surface area contributed by atoms with Crippen LogP contribution in [0.1, 0.15) is 13.8 Å². The number of nitrogens with one attached hydrogen (secondary N) is 2. The van der Waals surface area contributed by atoms with E-state index in [1.54, 1.807) is 6.07 Å². The van der Waals surface area contributed by atoms with Gasteiger partial charge in [0, 0.05) is 12.6 Å². The first-order valence-corrected chi connectivity index (χ1v) is 8.17. The molecule has 0 amide bonds. The van der Waals surface area contributed by atoms with Crippen molar-refractivity contribution in [1.82, 2.24) is 14.3 Å². The number of H-pyrrole nitrogens is 2. The van der Waals surface area contributed by atoms with E-state index < -0.39 is 10.0 Å². The number of benzene rings is 1. The van der Waals surface area contributed by atoms with Gasteiger partial charge in [0.05, 0.1) is 28.6 Å². The van der Waals surface area contributed by atoms with Gasteiger partial charge in [0.15, 0.2) is 0 Å². The average Bonchev–Trinajstić information content (AvgIpc) is 2.80. The number of morpholine rings is 1. The zero-order valence-electron chi connectivity index (χ0n) is 11.8. The SMILES string of the molecule is CC1CN(S(=O)(=O)c2ccc3[nH]c(=O)[nH]c3c2)C(C)CO1. The quantitative estimate of drug-likeness (QED) is 0.851. The Bertz CT molecular complexity index is 823. The van der Waals surface area contributed by atoms with Crippen LogP contribution in [-0.2, 0) is 14.8 Å². The lowest BCUT2D eigenvalue weighted by molar-refractivity contribution is -0.0170. The highest BCUT2D eigenvalue weighted by atomic mass is 32.2. The van der Waals surface area contributed by atoms with Crippen LogP contribution in [0.2, 0.25) is 0 Å². The number of imidazole rings is 1. The lowest BCUT2D eigenvalue weighted by Crippen LogP contribution is -2.50. The van der Waals surface area contributed by atoms with Crippen LogP contribution < -0.4 is 5.69 Å². The third kappa shape index (κ3) is 2.50. The smallest absolute Gasteiger partial charge is 0.323 e. The molecule has 0 aliphatic carbocycles. The summed E-state index contributed by atoms with van der Waals surface area (Å²) in [6.45, 7) is 4.37. The standard InChI is InChI=1S/C13H17N3O4S/c1-8-7-20-9(2)6-16(8)21(18,19)10-3-4-11-12(5-10)15-13(17)14-11/h3-5,8-9H,6-7H2,1-2H3,(H2,14,15,17). The molecule has 2 N–H and O–H groups in total. The number of nitrogens with zero attached hydrogens (tertiary/aromatic N) is 1. The van der Waals surface area contributed by atoms with E-state index in [1.807, 2.05) is 13.8 Å². The fraction of sp³-hybridized carbons (Fsp3) is 0.462. The van der Waals surface area contributed by atoms with Gasteiger partial charge < -0.3 is 14.7 Å². The van der Waals surface area contributed by atoms with E-state index in [2.05, 4.69) is 9.97 Å². The van der Waals surface area contributed by atoms with Crippen molar-refractivity contribution in [3.8, 4) is 0 Å². The van der Waals surface area contributed by atoms with Crippen LogP contribution in [0.15, 0.2) is 27.9 Å². The number of aromatic nitrogens is 2. The van der Waals surface area contributed by atoms with Crippen LogP contribution in [0.25, 0.3) is 11.0 Å². The predicted molar refractivity (Wildman–Crippen MR) is 77.7 cm³/mol. The highest BCUT2D eigenvalue weighted by Gasteiger charge is 2.34. The van der Waals surface area contributed by atoms with E-state index in [4.69, 9.17) is 4.74 Å². The van der Waals surface area contributed by atoms with Gasteiger partial charge in [-0.25, -0.2) is 13.2 Å². The van der Waals surface area contributed by atoms with Gasteiger partial charge in [0.1, 0.15) is 0 Å². The maximum atomic E-state index is 12.8. The van der Waals surface area contributed by atoms with Crippen molar-refractivity contribution in [3.05, 3.63) is 28.7 Å². The summed E-state index contributed by atoms with van der Waals surface area (Å²) in [4.78, 5) is 16.6. The zero-order chi connectivity index (χ0) is 15.2. The minimum Gasteiger partial charge on any atom is -0.375 e. The number of sulfonamides is 1. The molecule has 1 aromatic heterocycles. The number of rotatable bonds is 2. The highest BCUT2D eigenvalue weighted by Crippen LogP contribution is 2.24. The fourth-order valence-corrected chi connectivity index (χ4v) is 4.23. The molecule has 8 heteroatoms. The van der Waals surface area contributed by atoms with E-state index >= 15 is 0 Å². The van der Waals surface area contributed by atoms with Gasteiger partial charge in [0.2, 0.25) is 10.0 Å². The number of ether oxygens (including phenoxy) is 1. The summed E-state index contributed by atoms with van der Waals surface area (Å²) in [7, 11) is -3.61. The molecule has 2 aromatic rings. The summed E-state index contributed by atoms with van der Waals surface area (Å²) in [5.74, 6) is 0. The lowest BCUT2D eigenvalue weighted by atomic mass is 10.2. The minimum atomic E-state index is -3.61. The maximum Gasteiger partial charge on any atom is 0.323 e. The molecule has 2 unspecified atom stereocenters. The second-order valence-corrected chi connectivity index (χ2v) is 7.24. The Balaban J connectivity index is 2.04. The monoisotopic (exact) mass is 311 g/mol. The Labute approximate surface area is 122 Å². The number of hydrogen-bond acceptors (Lipinski definition) is 4. The van der Waals surface area contributed by atoms with Crippen molar-refractivity contribution in [1.29, 1.82) is 0 Å². The van der Waals surface area contributed by atoms with Gasteiger partial charge in [0.25, 0.3) is 0 Å². The first-order chi connectivity index (χ1) is 9.88. The van der Waals surface area contributed by atoms with Crippen molar-refractivity contribution >= 4 is 21.1 Å². The third-order valence-electron chi connectivity index (χ3n) is 3.64. The summed E-state index contributed by atoms with van der Waals surface area (Å²) < 4.78 is 32.4. The summed E-state index contributed by atoms with van der Waals surface area (Å²) in [6, 6.07) is 4.37. The van der Waals surface area contributed by atoms with Crippen LogP contribution in [0.4, 0.5) is 0 Å². The molecule has 114 valence electrons. The summed E-state index contributed by atoms with van der Waals surface area (Å²) in [5.41, 5.74) is 0.713. The Morgan fingerprint density at radius 3 is 2.71 bits per heavy atom. The van der Waals surface area contributed by atoms with Crippen LogP contribution in [0, 0.1) is 0 Å². The molecule has 1 fully saturated rings. The molecule has 7 nitrogen and oxygen atoms in total. The molecule has 3 rings (SSSR count). The summed E-state index contributed by atoms with van der Waals surface area (Å²) >= 11 is 0. The molecular weight excluding hydrogens is 294 g/mol. The molecular formula is C13H17N3O4S. The van der Waals surface area contributed by atoms with E-state index in [0.29, 0.717) is 24.2 Å².